The molecule has 3 fully saturated rings. The Hall–Kier alpha value is -2.97. The summed E-state index contributed by atoms with van der Waals surface area (Å²) in [7, 11) is -3.83. The predicted octanol–water partition coefficient (Wildman–Crippen LogP) is 3.73. The Morgan fingerprint density at radius 2 is 1.65 bits per heavy atom. The first-order valence-electron chi connectivity index (χ1n) is 12.0. The van der Waals surface area contributed by atoms with Crippen molar-refractivity contribution in [2.45, 2.75) is 42.7 Å². The maximum Gasteiger partial charge on any atom is 0.264 e. The molecule has 1 aliphatic carbocycles. The number of hydrogen-bond donors (Lipinski definition) is 1. The number of aromatic nitrogens is 1. The Kier molecular flexibility index (Phi) is 5.30. The number of carbonyl (C=O) groups excluding carboxylic acids is 1. The lowest BCUT2D eigenvalue weighted by atomic mass is 10.1. The summed E-state index contributed by atoms with van der Waals surface area (Å²) in [6.07, 6.45) is 6.41. The van der Waals surface area contributed by atoms with Gasteiger partial charge >= 0.3 is 0 Å². The molecule has 176 valence electrons. The Balaban J connectivity index is 1.17. The Bertz CT molecular complexity index is 1320. The molecule has 6 rings (SSSR count). The normalized spacial score (nSPS) is 22.8. The van der Waals surface area contributed by atoms with Crippen LogP contribution in [0.25, 0.3) is 10.9 Å². The molecular weight excluding hydrogens is 448 g/mol. The molecule has 1 N–H and O–H groups in total. The number of anilines is 1. The van der Waals surface area contributed by atoms with E-state index in [0.717, 1.165) is 37.2 Å². The van der Waals surface area contributed by atoms with Crippen LogP contribution in [0.4, 0.5) is 5.69 Å². The highest BCUT2D eigenvalue weighted by Gasteiger charge is 2.43. The van der Waals surface area contributed by atoms with Crippen molar-refractivity contribution in [3.63, 3.8) is 0 Å². The average Bonchev–Trinajstić information content (AvgIpc) is 3.61. The zero-order valence-corrected chi connectivity index (χ0v) is 19.7. The highest BCUT2D eigenvalue weighted by Crippen LogP contribution is 2.35. The summed E-state index contributed by atoms with van der Waals surface area (Å²) in [4.78, 5) is 22.3. The second-order valence-electron chi connectivity index (χ2n) is 9.77. The second-order valence-corrected chi connectivity index (χ2v) is 11.4. The van der Waals surface area contributed by atoms with Crippen molar-refractivity contribution in [3.05, 3.63) is 66.4 Å². The monoisotopic (exact) mass is 476 g/mol. The molecule has 3 aromatic rings. The minimum atomic E-state index is -3.83. The van der Waals surface area contributed by atoms with Crippen molar-refractivity contribution in [1.82, 2.24) is 14.8 Å². The van der Waals surface area contributed by atoms with Crippen LogP contribution in [0.5, 0.6) is 0 Å². The smallest absolute Gasteiger partial charge is 0.264 e. The summed E-state index contributed by atoms with van der Waals surface area (Å²) in [6, 6.07) is 16.0. The molecule has 0 spiro atoms. The second kappa shape index (κ2) is 8.36. The van der Waals surface area contributed by atoms with E-state index in [9.17, 15) is 13.2 Å². The van der Waals surface area contributed by atoms with E-state index >= 15 is 0 Å². The Morgan fingerprint density at radius 3 is 2.35 bits per heavy atom. The third kappa shape index (κ3) is 4.05. The molecular formula is C26H28N4O3S. The summed E-state index contributed by atoms with van der Waals surface area (Å²) in [6.45, 7) is 3.11. The molecule has 2 aliphatic heterocycles. The van der Waals surface area contributed by atoms with E-state index in [4.69, 9.17) is 0 Å². The zero-order chi connectivity index (χ0) is 23.3. The van der Waals surface area contributed by atoms with Gasteiger partial charge in [-0.15, -0.1) is 0 Å². The highest BCUT2D eigenvalue weighted by atomic mass is 32.2. The summed E-state index contributed by atoms with van der Waals surface area (Å²) in [5.74, 6) is 0.911. The molecule has 2 bridgehead atoms. The molecule has 3 heterocycles. The number of para-hydroxylation sites is 1. The van der Waals surface area contributed by atoms with Gasteiger partial charge in [-0.25, -0.2) is 8.42 Å². The van der Waals surface area contributed by atoms with Gasteiger partial charge in [-0.2, -0.15) is 0 Å². The predicted molar refractivity (Wildman–Crippen MR) is 131 cm³/mol. The number of amides is 1. The average molecular weight is 477 g/mol. The molecule has 2 aromatic carbocycles. The van der Waals surface area contributed by atoms with E-state index in [1.807, 2.05) is 12.1 Å². The highest BCUT2D eigenvalue weighted by molar-refractivity contribution is 7.93. The van der Waals surface area contributed by atoms with Gasteiger partial charge in [0.25, 0.3) is 15.9 Å². The van der Waals surface area contributed by atoms with Crippen LogP contribution in [0.2, 0.25) is 0 Å². The van der Waals surface area contributed by atoms with Gasteiger partial charge in [0.1, 0.15) is 4.90 Å². The van der Waals surface area contributed by atoms with Crippen LogP contribution < -0.4 is 4.72 Å². The molecule has 8 heteroatoms. The Labute approximate surface area is 199 Å². The van der Waals surface area contributed by atoms with Crippen molar-refractivity contribution in [2.24, 2.45) is 5.92 Å². The number of carbonyl (C=O) groups is 1. The van der Waals surface area contributed by atoms with Crippen molar-refractivity contribution in [2.75, 3.05) is 24.4 Å². The molecule has 7 nitrogen and oxygen atoms in total. The first kappa shape index (κ1) is 21.6. The molecule has 34 heavy (non-hydrogen) atoms. The van der Waals surface area contributed by atoms with Crippen molar-refractivity contribution in [1.29, 1.82) is 0 Å². The topological polar surface area (TPSA) is 82.6 Å². The van der Waals surface area contributed by atoms with Gasteiger partial charge in [-0.05, 0) is 68.0 Å². The maximum atomic E-state index is 13.3. The third-order valence-corrected chi connectivity index (χ3v) is 8.69. The fourth-order valence-electron chi connectivity index (χ4n) is 5.47. The van der Waals surface area contributed by atoms with Crippen LogP contribution in [0.3, 0.4) is 0 Å². The number of likely N-dealkylation sites (tertiary alicyclic amines) is 1. The number of piperazine rings is 1. The summed E-state index contributed by atoms with van der Waals surface area (Å²) in [5, 5.41) is 0.762. The van der Waals surface area contributed by atoms with E-state index in [-0.39, 0.29) is 22.9 Å². The number of benzene rings is 2. The lowest BCUT2D eigenvalue weighted by Gasteiger charge is -2.41. The molecule has 2 unspecified atom stereocenters. The number of rotatable bonds is 6. The fourth-order valence-corrected chi connectivity index (χ4v) is 6.71. The van der Waals surface area contributed by atoms with E-state index in [1.54, 1.807) is 48.7 Å². The van der Waals surface area contributed by atoms with Crippen LogP contribution in [0.15, 0.2) is 65.7 Å². The number of fused-ring (bicyclic) bond motifs is 3. The van der Waals surface area contributed by atoms with Crippen LogP contribution >= 0.6 is 0 Å². The molecule has 2 atom stereocenters. The molecule has 1 amide bonds. The minimum Gasteiger partial charge on any atom is -0.330 e. The first-order chi connectivity index (χ1) is 16.5. The summed E-state index contributed by atoms with van der Waals surface area (Å²) >= 11 is 0. The van der Waals surface area contributed by atoms with Gasteiger partial charge in [0, 0.05) is 54.6 Å². The van der Waals surface area contributed by atoms with E-state index < -0.39 is 10.0 Å². The lowest BCUT2D eigenvalue weighted by molar-refractivity contribution is 0.0412. The standard InChI is InChI=1S/C26H28N4O3S/c31-26(30-22-12-13-23(30)17-29(16-22)15-18-6-7-18)20-8-10-21(11-9-20)28-34(32,33)24-5-1-3-19-4-2-14-27-25(19)24/h1-5,8-11,14,18,22-23,28H,6-7,12-13,15-17H2. The van der Waals surface area contributed by atoms with Crippen molar-refractivity contribution < 1.29 is 13.2 Å². The van der Waals surface area contributed by atoms with Crippen LogP contribution in [0, 0.1) is 5.92 Å². The van der Waals surface area contributed by atoms with E-state index in [1.165, 1.54) is 19.4 Å². The van der Waals surface area contributed by atoms with Gasteiger partial charge in [0.15, 0.2) is 0 Å². The fraction of sp³-hybridized carbons (Fsp3) is 0.385. The maximum absolute atomic E-state index is 13.3. The van der Waals surface area contributed by atoms with Crippen LogP contribution in [-0.2, 0) is 10.0 Å². The third-order valence-electron chi connectivity index (χ3n) is 7.27. The van der Waals surface area contributed by atoms with Gasteiger partial charge in [-0.3, -0.25) is 19.4 Å². The molecule has 3 aliphatic rings. The number of nitrogens with zero attached hydrogens (tertiary/aromatic N) is 3. The van der Waals surface area contributed by atoms with Gasteiger partial charge < -0.3 is 4.90 Å². The zero-order valence-electron chi connectivity index (χ0n) is 18.9. The van der Waals surface area contributed by atoms with Crippen molar-refractivity contribution >= 4 is 32.5 Å². The number of sulfonamides is 1. The molecule has 1 saturated carbocycles. The van der Waals surface area contributed by atoms with Gasteiger partial charge in [0.2, 0.25) is 0 Å². The summed E-state index contributed by atoms with van der Waals surface area (Å²) in [5.41, 5.74) is 1.45. The number of hydrogen-bond acceptors (Lipinski definition) is 5. The SMILES string of the molecule is O=C(c1ccc(NS(=O)(=O)c2cccc3cccnc23)cc1)N1C2CCC1CN(CC1CC1)C2. The summed E-state index contributed by atoms with van der Waals surface area (Å²) < 4.78 is 28.7. The van der Waals surface area contributed by atoms with Gasteiger partial charge in [-0.1, -0.05) is 18.2 Å². The molecule has 0 radical (unpaired) electrons. The molecule has 2 saturated heterocycles. The molecule has 1 aromatic heterocycles. The van der Waals surface area contributed by atoms with E-state index in [0.29, 0.717) is 16.8 Å². The lowest BCUT2D eigenvalue weighted by Crippen LogP contribution is -2.56. The number of pyridine rings is 1. The van der Waals surface area contributed by atoms with Crippen LogP contribution in [-0.4, -0.2) is 60.8 Å². The first-order valence-corrected chi connectivity index (χ1v) is 13.5. The van der Waals surface area contributed by atoms with E-state index in [2.05, 4.69) is 19.5 Å². The van der Waals surface area contributed by atoms with Crippen LogP contribution in [0.1, 0.15) is 36.0 Å². The Morgan fingerprint density at radius 1 is 0.941 bits per heavy atom. The van der Waals surface area contributed by atoms with Gasteiger partial charge in [0.05, 0.1) is 5.52 Å². The number of nitrogens with one attached hydrogen (secondary N) is 1. The van der Waals surface area contributed by atoms with Crippen molar-refractivity contribution in [3.8, 4) is 0 Å². The largest absolute Gasteiger partial charge is 0.330 e. The quantitative estimate of drug-likeness (QED) is 0.586. The minimum absolute atomic E-state index is 0.0474.